The first-order valence-electron chi connectivity index (χ1n) is 14.1. The van der Waals surface area contributed by atoms with Crippen LogP contribution in [0.1, 0.15) is 22.3 Å². The molecule has 0 fully saturated rings. The van der Waals surface area contributed by atoms with Crippen molar-refractivity contribution >= 4 is 33.7 Å². The number of methoxy groups -OCH3 is 2. The molecule has 7 rings (SSSR count). The molecule has 0 aromatic heterocycles. The molecule has 0 saturated carbocycles. The molecule has 0 spiro atoms. The molecule has 208 valence electrons. The zero-order chi connectivity index (χ0) is 29.2. The second-order valence-electron chi connectivity index (χ2n) is 10.3. The van der Waals surface area contributed by atoms with Crippen LogP contribution < -0.4 is 18.9 Å². The molecule has 0 N–H and O–H groups in total. The molecule has 0 amide bonds. The molecule has 4 nitrogen and oxygen atoms in total. The summed E-state index contributed by atoms with van der Waals surface area (Å²) in [4.78, 5) is 0. The van der Waals surface area contributed by atoms with Gasteiger partial charge in [0.15, 0.2) is 0 Å². The maximum Gasteiger partial charge on any atom is 0.230 e. The predicted octanol–water partition coefficient (Wildman–Crippen LogP) is 8.98. The molecule has 1 heterocycles. The highest BCUT2D eigenvalue weighted by Gasteiger charge is 2.22. The number of hydrogen-bond donors (Lipinski definition) is 0. The van der Waals surface area contributed by atoms with Gasteiger partial charge in [0.05, 0.1) is 14.2 Å². The molecule has 6 aromatic rings. The maximum atomic E-state index is 6.09. The van der Waals surface area contributed by atoms with Crippen molar-refractivity contribution in [3.63, 3.8) is 0 Å². The summed E-state index contributed by atoms with van der Waals surface area (Å²) in [6, 6.07) is 36.9. The highest BCUT2D eigenvalue weighted by molar-refractivity contribution is 6.10. The van der Waals surface area contributed by atoms with E-state index >= 15 is 0 Å². The van der Waals surface area contributed by atoms with Crippen LogP contribution in [0.15, 0.2) is 109 Å². The van der Waals surface area contributed by atoms with Crippen LogP contribution in [0.25, 0.3) is 44.8 Å². The minimum Gasteiger partial charge on any atom is -0.497 e. The van der Waals surface area contributed by atoms with Crippen molar-refractivity contribution in [3.05, 3.63) is 131 Å². The molecular formula is C39H28O4. The third-order valence-electron chi connectivity index (χ3n) is 7.69. The van der Waals surface area contributed by atoms with E-state index in [1.807, 2.05) is 60.7 Å². The van der Waals surface area contributed by atoms with Gasteiger partial charge in [-0.05, 0) is 99.4 Å². The standard InChI is InChI=1S/C39H28O4/c1-40-32-15-7-26(8-16-32)3-5-28-11-19-34-30(23-28)13-21-36-38(34)39-35-20-12-29(6-4-27-9-17-33(41-2)18-10-27)24-31(35)14-22-37(39)43-25-42-36/h3,5,7-24H,25H2,1-2H3/b5-3+. The van der Waals surface area contributed by atoms with Crippen LogP contribution in [0.2, 0.25) is 0 Å². The summed E-state index contributed by atoms with van der Waals surface area (Å²) in [6.07, 6.45) is 4.24. The molecule has 1 aliphatic heterocycles. The fourth-order valence-electron chi connectivity index (χ4n) is 5.46. The third-order valence-corrected chi connectivity index (χ3v) is 7.69. The average Bonchev–Trinajstić information content (AvgIpc) is 3.26. The van der Waals surface area contributed by atoms with E-state index in [9.17, 15) is 0 Å². The van der Waals surface area contributed by atoms with Gasteiger partial charge in [-0.15, -0.1) is 0 Å². The minimum absolute atomic E-state index is 0.158. The van der Waals surface area contributed by atoms with Gasteiger partial charge in [0.25, 0.3) is 0 Å². The summed E-state index contributed by atoms with van der Waals surface area (Å²) in [7, 11) is 3.34. The summed E-state index contributed by atoms with van der Waals surface area (Å²) in [5.74, 6) is 9.84. The van der Waals surface area contributed by atoms with Crippen molar-refractivity contribution in [2.75, 3.05) is 21.0 Å². The normalized spacial score (nSPS) is 12.0. The Hall–Kier alpha value is -5.66. The van der Waals surface area contributed by atoms with Gasteiger partial charge in [-0.3, -0.25) is 0 Å². The summed E-state index contributed by atoms with van der Waals surface area (Å²) in [5.41, 5.74) is 6.19. The van der Waals surface area contributed by atoms with Crippen LogP contribution in [-0.4, -0.2) is 21.0 Å². The van der Waals surface area contributed by atoms with Gasteiger partial charge in [0, 0.05) is 22.3 Å². The Kier molecular flexibility index (Phi) is 6.91. The first-order chi connectivity index (χ1) is 21.2. The first-order valence-corrected chi connectivity index (χ1v) is 14.1. The summed E-state index contributed by atoms with van der Waals surface area (Å²) in [5, 5.41) is 4.43. The highest BCUT2D eigenvalue weighted by Crippen LogP contribution is 2.47. The predicted molar refractivity (Wildman–Crippen MR) is 174 cm³/mol. The monoisotopic (exact) mass is 560 g/mol. The third kappa shape index (κ3) is 5.25. The molecular weight excluding hydrogens is 532 g/mol. The van der Waals surface area contributed by atoms with Crippen molar-refractivity contribution in [1.29, 1.82) is 0 Å². The molecule has 1 aliphatic rings. The molecule has 6 aromatic carbocycles. The van der Waals surface area contributed by atoms with E-state index in [2.05, 4.69) is 72.5 Å². The van der Waals surface area contributed by atoms with Crippen LogP contribution in [0.5, 0.6) is 23.0 Å². The lowest BCUT2D eigenvalue weighted by atomic mass is 9.91. The fraction of sp³-hybridized carbons (Fsp3) is 0.0769. The Morgan fingerprint density at radius 2 is 1.05 bits per heavy atom. The molecule has 0 atom stereocenters. The van der Waals surface area contributed by atoms with Gasteiger partial charge in [0.1, 0.15) is 23.0 Å². The second-order valence-corrected chi connectivity index (χ2v) is 10.3. The Morgan fingerprint density at radius 1 is 0.535 bits per heavy atom. The zero-order valence-electron chi connectivity index (χ0n) is 23.9. The summed E-state index contributed by atoms with van der Waals surface area (Å²) in [6.45, 7) is 0.158. The number of fused-ring (bicyclic) bond motifs is 7. The van der Waals surface area contributed by atoms with Crippen molar-refractivity contribution < 1.29 is 18.9 Å². The number of rotatable bonds is 4. The Bertz CT molecular complexity index is 2060. The largest absolute Gasteiger partial charge is 0.497 e. The van der Waals surface area contributed by atoms with E-state index in [4.69, 9.17) is 18.9 Å². The number of hydrogen-bond acceptors (Lipinski definition) is 4. The van der Waals surface area contributed by atoms with Crippen LogP contribution in [-0.2, 0) is 0 Å². The molecule has 0 unspecified atom stereocenters. The lowest BCUT2D eigenvalue weighted by Gasteiger charge is -2.14. The first kappa shape index (κ1) is 26.3. The van der Waals surface area contributed by atoms with E-state index in [0.717, 1.165) is 77.9 Å². The van der Waals surface area contributed by atoms with Crippen LogP contribution in [0, 0.1) is 11.8 Å². The van der Waals surface area contributed by atoms with E-state index in [0.29, 0.717) is 0 Å². The molecule has 0 radical (unpaired) electrons. The lowest BCUT2D eigenvalue weighted by molar-refractivity contribution is 0.125. The summed E-state index contributed by atoms with van der Waals surface area (Å²) < 4.78 is 22.7. The molecule has 0 aliphatic carbocycles. The zero-order valence-corrected chi connectivity index (χ0v) is 23.9. The maximum absolute atomic E-state index is 6.09. The lowest BCUT2D eigenvalue weighted by Crippen LogP contribution is -2.03. The van der Waals surface area contributed by atoms with Gasteiger partial charge in [0.2, 0.25) is 6.79 Å². The number of benzene rings is 6. The molecule has 4 heteroatoms. The molecule has 43 heavy (non-hydrogen) atoms. The van der Waals surface area contributed by atoms with Crippen molar-refractivity contribution in [2.24, 2.45) is 0 Å². The van der Waals surface area contributed by atoms with E-state index in [1.54, 1.807) is 14.2 Å². The Morgan fingerprint density at radius 3 is 1.70 bits per heavy atom. The SMILES string of the molecule is COc1ccc(C#Cc2ccc3c4c(ccc3c2)OCOc2ccc3cc(/C=C/c5ccc(OC)cc5)ccc3c2-4)cc1. The molecule has 0 bridgehead atoms. The van der Waals surface area contributed by atoms with Gasteiger partial charge >= 0.3 is 0 Å². The van der Waals surface area contributed by atoms with Crippen molar-refractivity contribution in [1.82, 2.24) is 0 Å². The van der Waals surface area contributed by atoms with Crippen LogP contribution >= 0.6 is 0 Å². The molecule has 0 saturated heterocycles. The quantitative estimate of drug-likeness (QED) is 0.159. The van der Waals surface area contributed by atoms with Gasteiger partial charge in [-0.1, -0.05) is 66.5 Å². The van der Waals surface area contributed by atoms with Crippen LogP contribution in [0.3, 0.4) is 0 Å². The van der Waals surface area contributed by atoms with E-state index in [1.165, 1.54) is 0 Å². The average molecular weight is 561 g/mol. The van der Waals surface area contributed by atoms with Gasteiger partial charge in [-0.25, -0.2) is 0 Å². The fourth-order valence-corrected chi connectivity index (χ4v) is 5.46. The smallest absolute Gasteiger partial charge is 0.230 e. The van der Waals surface area contributed by atoms with E-state index < -0.39 is 0 Å². The highest BCUT2D eigenvalue weighted by atomic mass is 16.7. The Labute approximate surface area is 250 Å². The van der Waals surface area contributed by atoms with E-state index in [-0.39, 0.29) is 6.79 Å². The van der Waals surface area contributed by atoms with Gasteiger partial charge in [-0.2, -0.15) is 0 Å². The Balaban J connectivity index is 1.28. The minimum atomic E-state index is 0.158. The summed E-state index contributed by atoms with van der Waals surface area (Å²) >= 11 is 0. The van der Waals surface area contributed by atoms with Crippen LogP contribution in [0.4, 0.5) is 0 Å². The topological polar surface area (TPSA) is 36.9 Å². The van der Waals surface area contributed by atoms with Gasteiger partial charge < -0.3 is 18.9 Å². The number of ether oxygens (including phenoxy) is 4. The second kappa shape index (κ2) is 11.3. The van der Waals surface area contributed by atoms with Crippen molar-refractivity contribution in [3.8, 4) is 46.0 Å². The van der Waals surface area contributed by atoms with Crippen molar-refractivity contribution in [2.45, 2.75) is 0 Å².